The summed E-state index contributed by atoms with van der Waals surface area (Å²) in [6.07, 6.45) is 0. The van der Waals surface area contributed by atoms with Gasteiger partial charge in [-0.25, -0.2) is 5.32 Å². The lowest BCUT2D eigenvalue weighted by molar-refractivity contribution is 0.160. The highest BCUT2D eigenvalue weighted by Crippen LogP contribution is 2.06. The van der Waals surface area contributed by atoms with Crippen LogP contribution in [0.3, 0.4) is 0 Å². The molecule has 1 aliphatic rings. The molecule has 0 aromatic carbocycles. The maximum absolute atomic E-state index is 4.62. The molecule has 71 valence electrons. The molecule has 0 saturated carbocycles. The molecule has 2 atom stereocenters. The zero-order valence-electron chi connectivity index (χ0n) is 8.62. The average molecular weight is 170 g/mol. The molecule has 0 spiro atoms. The summed E-state index contributed by atoms with van der Waals surface area (Å²) < 4.78 is 0. The van der Waals surface area contributed by atoms with Gasteiger partial charge in [0.1, 0.15) is 0 Å². The van der Waals surface area contributed by atoms with Crippen molar-refractivity contribution in [2.45, 2.75) is 19.0 Å². The second kappa shape index (κ2) is 4.21. The minimum atomic E-state index is 0.499. The van der Waals surface area contributed by atoms with E-state index in [0.29, 0.717) is 12.1 Å². The third kappa shape index (κ3) is 2.44. The fourth-order valence-electron chi connectivity index (χ4n) is 1.51. The predicted octanol–water partition coefficient (Wildman–Crippen LogP) is -0.145. The fraction of sp³-hybridized carbons (Fsp3) is 1.00. The van der Waals surface area contributed by atoms with Crippen LogP contribution in [-0.4, -0.2) is 62.7 Å². The van der Waals surface area contributed by atoms with Crippen molar-refractivity contribution in [3.63, 3.8) is 0 Å². The van der Waals surface area contributed by atoms with Crippen LogP contribution in [0.2, 0.25) is 0 Å². The van der Waals surface area contributed by atoms with E-state index in [1.165, 1.54) is 0 Å². The average Bonchev–Trinajstić information content (AvgIpc) is 2.03. The summed E-state index contributed by atoms with van der Waals surface area (Å²) in [6, 6.07) is 1.06. The second-order valence-corrected chi connectivity index (χ2v) is 3.94. The number of likely N-dealkylation sites (N-methyl/N-ethyl adjacent to an activating group) is 2. The van der Waals surface area contributed by atoms with E-state index in [2.05, 4.69) is 43.2 Å². The van der Waals surface area contributed by atoms with Crippen molar-refractivity contribution in [1.29, 1.82) is 0 Å². The van der Waals surface area contributed by atoms with Crippen LogP contribution >= 0.6 is 0 Å². The molecule has 1 rings (SSSR count). The van der Waals surface area contributed by atoms with E-state index in [-0.39, 0.29) is 0 Å². The molecule has 2 unspecified atom stereocenters. The maximum atomic E-state index is 4.62. The second-order valence-electron chi connectivity index (χ2n) is 3.94. The maximum Gasteiger partial charge on any atom is 0.0526 e. The van der Waals surface area contributed by atoms with Gasteiger partial charge in [0, 0.05) is 25.7 Å². The summed E-state index contributed by atoms with van der Waals surface area (Å²) in [5.74, 6) is 0. The van der Waals surface area contributed by atoms with Crippen LogP contribution in [0.15, 0.2) is 0 Å². The topological polar surface area (TPSA) is 20.6 Å². The van der Waals surface area contributed by atoms with Gasteiger partial charge >= 0.3 is 0 Å². The largest absolute Gasteiger partial charge is 0.305 e. The number of rotatable bonds is 2. The number of hydrogen-bond donors (Lipinski definition) is 0. The van der Waals surface area contributed by atoms with Crippen LogP contribution < -0.4 is 5.32 Å². The van der Waals surface area contributed by atoms with E-state index < -0.39 is 0 Å². The Bertz CT molecular complexity index is 136. The molecule has 1 fully saturated rings. The van der Waals surface area contributed by atoms with Gasteiger partial charge in [-0.3, -0.25) is 0 Å². The normalized spacial score (nSPS) is 29.2. The molecule has 1 saturated heterocycles. The van der Waals surface area contributed by atoms with E-state index in [1.807, 2.05) is 0 Å². The molecule has 0 N–H and O–H groups in total. The molecule has 3 nitrogen and oxygen atoms in total. The van der Waals surface area contributed by atoms with Gasteiger partial charge in [0.15, 0.2) is 0 Å². The minimum Gasteiger partial charge on any atom is -0.305 e. The third-order valence-corrected chi connectivity index (χ3v) is 2.72. The molecule has 12 heavy (non-hydrogen) atoms. The summed E-state index contributed by atoms with van der Waals surface area (Å²) in [5.41, 5.74) is 0. The van der Waals surface area contributed by atoms with Gasteiger partial charge in [0.05, 0.1) is 6.04 Å². The SMILES string of the molecule is CC(C1CN(C)CC[N]1)N(C)C. The van der Waals surface area contributed by atoms with Crippen molar-refractivity contribution in [2.75, 3.05) is 40.8 Å². The van der Waals surface area contributed by atoms with Crippen LogP contribution in [0.5, 0.6) is 0 Å². The Balaban J connectivity index is 2.40. The summed E-state index contributed by atoms with van der Waals surface area (Å²) in [4.78, 5) is 4.60. The van der Waals surface area contributed by atoms with Crippen LogP contribution in [0.25, 0.3) is 0 Å². The first-order valence-corrected chi connectivity index (χ1v) is 4.63. The zero-order valence-corrected chi connectivity index (χ0v) is 8.62. The standard InChI is InChI=1S/C9H20N3/c1-8(11(2)3)9-7-12(4)6-5-10-9/h8-9H,5-7H2,1-4H3. The van der Waals surface area contributed by atoms with Crippen LogP contribution in [0.1, 0.15) is 6.92 Å². The summed E-state index contributed by atoms with van der Waals surface area (Å²) >= 11 is 0. The van der Waals surface area contributed by atoms with Gasteiger partial charge in [0.2, 0.25) is 0 Å². The van der Waals surface area contributed by atoms with Gasteiger partial charge in [0.25, 0.3) is 0 Å². The van der Waals surface area contributed by atoms with Gasteiger partial charge in [-0.05, 0) is 28.1 Å². The highest BCUT2D eigenvalue weighted by atomic mass is 15.2. The Morgan fingerprint density at radius 1 is 1.50 bits per heavy atom. The third-order valence-electron chi connectivity index (χ3n) is 2.72. The lowest BCUT2D eigenvalue weighted by Gasteiger charge is -2.35. The Morgan fingerprint density at radius 3 is 2.67 bits per heavy atom. The van der Waals surface area contributed by atoms with Crippen molar-refractivity contribution in [2.24, 2.45) is 0 Å². The van der Waals surface area contributed by atoms with E-state index in [0.717, 1.165) is 19.6 Å². The first kappa shape index (κ1) is 9.96. The van der Waals surface area contributed by atoms with Crippen molar-refractivity contribution < 1.29 is 0 Å². The Labute approximate surface area is 75.7 Å². The molecule has 3 heteroatoms. The summed E-state index contributed by atoms with van der Waals surface area (Å²) in [7, 11) is 6.41. The highest BCUT2D eigenvalue weighted by molar-refractivity contribution is 4.84. The highest BCUT2D eigenvalue weighted by Gasteiger charge is 2.24. The summed E-state index contributed by atoms with van der Waals surface area (Å²) in [5, 5.41) is 4.62. The van der Waals surface area contributed by atoms with Gasteiger partial charge < -0.3 is 9.80 Å². The van der Waals surface area contributed by atoms with Crippen LogP contribution in [0, 0.1) is 0 Å². The monoisotopic (exact) mass is 170 g/mol. The Morgan fingerprint density at radius 2 is 2.17 bits per heavy atom. The molecule has 1 radical (unpaired) electrons. The summed E-state index contributed by atoms with van der Waals surface area (Å²) in [6.45, 7) is 5.47. The lowest BCUT2D eigenvalue weighted by atomic mass is 10.1. The van der Waals surface area contributed by atoms with E-state index >= 15 is 0 Å². The number of piperazine rings is 1. The molecule has 0 aromatic heterocycles. The first-order chi connectivity index (χ1) is 5.61. The quantitative estimate of drug-likeness (QED) is 0.575. The van der Waals surface area contributed by atoms with Crippen LogP contribution in [-0.2, 0) is 0 Å². The predicted molar refractivity (Wildman–Crippen MR) is 51.4 cm³/mol. The Hall–Kier alpha value is -0.120. The Kier molecular flexibility index (Phi) is 3.50. The van der Waals surface area contributed by atoms with Crippen molar-refractivity contribution in [3.8, 4) is 0 Å². The fourth-order valence-corrected chi connectivity index (χ4v) is 1.51. The van der Waals surface area contributed by atoms with E-state index in [1.54, 1.807) is 0 Å². The van der Waals surface area contributed by atoms with Gasteiger partial charge in [-0.2, -0.15) is 0 Å². The molecular weight excluding hydrogens is 150 g/mol. The molecule has 1 heterocycles. The number of hydrogen-bond acceptors (Lipinski definition) is 2. The van der Waals surface area contributed by atoms with Crippen molar-refractivity contribution in [3.05, 3.63) is 0 Å². The van der Waals surface area contributed by atoms with Crippen molar-refractivity contribution >= 4 is 0 Å². The van der Waals surface area contributed by atoms with E-state index in [4.69, 9.17) is 0 Å². The first-order valence-electron chi connectivity index (χ1n) is 4.63. The lowest BCUT2D eigenvalue weighted by Crippen LogP contribution is -2.53. The smallest absolute Gasteiger partial charge is 0.0526 e. The zero-order chi connectivity index (χ0) is 9.14. The number of nitrogens with zero attached hydrogens (tertiary/aromatic N) is 3. The molecule has 1 aliphatic heterocycles. The molecule has 0 bridgehead atoms. The van der Waals surface area contributed by atoms with E-state index in [9.17, 15) is 0 Å². The molecule has 0 aliphatic carbocycles. The van der Waals surface area contributed by atoms with Crippen molar-refractivity contribution in [1.82, 2.24) is 15.1 Å². The van der Waals surface area contributed by atoms with Gasteiger partial charge in [-0.1, -0.05) is 0 Å². The molecule has 0 amide bonds. The van der Waals surface area contributed by atoms with Gasteiger partial charge in [-0.15, -0.1) is 0 Å². The molecule has 0 aromatic rings. The van der Waals surface area contributed by atoms with Crippen LogP contribution in [0.4, 0.5) is 0 Å². The minimum absolute atomic E-state index is 0.499. The molecular formula is C9H20N3.